The third kappa shape index (κ3) is 19700. The van der Waals surface area contributed by atoms with Gasteiger partial charge in [-0.1, -0.05) is 0 Å². The second-order valence-corrected chi connectivity index (χ2v) is 1.54. The Hall–Kier alpha value is 0.209. The Balaban J connectivity index is -0.00000000381. The molecule has 0 heterocycles. The molecule has 12 heavy (non-hydrogen) atoms. The van der Waals surface area contributed by atoms with Crippen molar-refractivity contribution in [2.24, 2.45) is 0 Å². The maximum absolute atomic E-state index is 8.88. The molecule has 0 bridgehead atoms. The average molecular weight is 273 g/mol. The molecule has 0 aromatic carbocycles. The van der Waals surface area contributed by atoms with E-state index in [-0.39, 0.29) is 45.3 Å². The molecular formula is H9F6MnO4P. The molecule has 0 aromatic rings. The Morgan fingerprint density at radius 1 is 0.667 bits per heavy atom. The maximum Gasteiger partial charge on any atom is 0.466 e. The molecule has 0 atom stereocenters. The molecule has 0 aromatic heterocycles. The molecule has 0 aliphatic rings. The topological polar surface area (TPSA) is 77.8 Å². The summed E-state index contributed by atoms with van der Waals surface area (Å²) in [6.45, 7) is 0. The van der Waals surface area contributed by atoms with Crippen molar-refractivity contribution in [2.75, 3.05) is 0 Å². The van der Waals surface area contributed by atoms with Gasteiger partial charge in [0.05, 0.1) is 0 Å². The summed E-state index contributed by atoms with van der Waals surface area (Å²) in [6, 6.07) is 0. The first-order valence-electron chi connectivity index (χ1n) is 0.783. The standard InChI is InChI=1S/6FH.Mn.H3O4P/c;;;;;;;1-5(2,3)4/h6*1H;;(H3,1,2,3,4). The molecule has 0 saturated heterocycles. The minimum absolute atomic E-state index is 0. The quantitative estimate of drug-likeness (QED) is 0.329. The van der Waals surface area contributed by atoms with Crippen LogP contribution in [0.15, 0.2) is 0 Å². The molecule has 0 unspecified atom stereocenters. The van der Waals surface area contributed by atoms with Crippen LogP contribution in [0.5, 0.6) is 0 Å². The van der Waals surface area contributed by atoms with Gasteiger partial charge >= 0.3 is 7.82 Å². The average Bonchev–Trinajstić information content (AvgIpc) is 0.722. The molecule has 3 N–H and O–H groups in total. The summed E-state index contributed by atoms with van der Waals surface area (Å²) in [5, 5.41) is 0. The van der Waals surface area contributed by atoms with Gasteiger partial charge in [-0.2, -0.15) is 0 Å². The van der Waals surface area contributed by atoms with Gasteiger partial charge in [0.25, 0.3) is 0 Å². The van der Waals surface area contributed by atoms with Crippen molar-refractivity contribution < 1.29 is 64.5 Å². The van der Waals surface area contributed by atoms with Crippen LogP contribution in [-0.4, -0.2) is 14.7 Å². The second-order valence-electron chi connectivity index (χ2n) is 0.513. The Bertz CT molecular complexity index is 65.7. The number of rotatable bonds is 0. The number of hydrogen-bond donors (Lipinski definition) is 3. The third-order valence-corrected chi connectivity index (χ3v) is 0. The fraction of sp³-hybridized carbons (Fsp3) is 0. The van der Waals surface area contributed by atoms with Gasteiger partial charge in [-0.25, -0.2) is 4.57 Å². The van der Waals surface area contributed by atoms with Crippen molar-refractivity contribution >= 4 is 7.82 Å². The van der Waals surface area contributed by atoms with Crippen molar-refractivity contribution in [1.82, 2.24) is 0 Å². The predicted octanol–water partition coefficient (Wildman–Crippen LogP) is -0.0161. The zero-order valence-corrected chi connectivity index (χ0v) is 7.10. The van der Waals surface area contributed by atoms with E-state index in [0.29, 0.717) is 0 Å². The number of halogens is 6. The molecule has 0 aliphatic heterocycles. The van der Waals surface area contributed by atoms with Crippen molar-refractivity contribution in [3.05, 3.63) is 0 Å². The van der Waals surface area contributed by atoms with Crippen LogP contribution < -0.4 is 0 Å². The first kappa shape index (κ1) is 86.6. The van der Waals surface area contributed by atoms with Gasteiger partial charge < -0.3 is 14.7 Å². The largest absolute Gasteiger partial charge is 0.466 e. The zero-order valence-electron chi connectivity index (χ0n) is 5.02. The van der Waals surface area contributed by atoms with Gasteiger partial charge in [-0.05, 0) is 0 Å². The smallest absolute Gasteiger partial charge is 0.303 e. The van der Waals surface area contributed by atoms with Crippen molar-refractivity contribution in [1.29, 1.82) is 0 Å². The van der Waals surface area contributed by atoms with E-state index in [1.165, 1.54) is 0 Å². The summed E-state index contributed by atoms with van der Waals surface area (Å²) in [5.41, 5.74) is 0. The van der Waals surface area contributed by atoms with Crippen LogP contribution >= 0.6 is 7.82 Å². The first-order valence-corrected chi connectivity index (χ1v) is 2.35. The monoisotopic (exact) mass is 273 g/mol. The fourth-order valence-corrected chi connectivity index (χ4v) is 0. The zero-order chi connectivity index (χ0) is 4.50. The van der Waals surface area contributed by atoms with Crippen molar-refractivity contribution in [3.8, 4) is 0 Å². The van der Waals surface area contributed by atoms with Crippen LogP contribution in [-0.2, 0) is 21.6 Å². The van der Waals surface area contributed by atoms with Gasteiger partial charge in [0, 0.05) is 17.1 Å². The molecule has 0 rings (SSSR count). The molecule has 0 amide bonds. The van der Waals surface area contributed by atoms with E-state index >= 15 is 0 Å². The summed E-state index contributed by atoms with van der Waals surface area (Å²) in [6.07, 6.45) is 0. The molecule has 87 valence electrons. The van der Waals surface area contributed by atoms with Crippen molar-refractivity contribution in [2.45, 2.75) is 0 Å². The summed E-state index contributed by atoms with van der Waals surface area (Å²) >= 11 is 0. The van der Waals surface area contributed by atoms with Crippen LogP contribution in [0.25, 0.3) is 0 Å². The molecule has 0 fully saturated rings. The molecule has 4 nitrogen and oxygen atoms in total. The summed E-state index contributed by atoms with van der Waals surface area (Å²) < 4.78 is 8.88. The predicted molar refractivity (Wildman–Crippen MR) is 29.3 cm³/mol. The Morgan fingerprint density at radius 3 is 0.667 bits per heavy atom. The maximum atomic E-state index is 8.88. The van der Waals surface area contributed by atoms with Gasteiger partial charge in [0.2, 0.25) is 0 Å². The van der Waals surface area contributed by atoms with Gasteiger partial charge in [-0.3, -0.25) is 28.2 Å². The molecular weight excluding hydrogens is 264 g/mol. The van der Waals surface area contributed by atoms with Crippen LogP contribution in [0.3, 0.4) is 0 Å². The second kappa shape index (κ2) is 30.3. The van der Waals surface area contributed by atoms with E-state index < -0.39 is 7.82 Å². The van der Waals surface area contributed by atoms with E-state index in [1.807, 2.05) is 0 Å². The minimum atomic E-state index is -4.64. The third-order valence-electron chi connectivity index (χ3n) is 0. The number of hydrogen-bond acceptors (Lipinski definition) is 1. The SMILES string of the molecule is F.F.F.F.F.F.O=P(O)(O)O.[Mn]. The summed E-state index contributed by atoms with van der Waals surface area (Å²) in [4.78, 5) is 21.6. The molecule has 1 radical (unpaired) electrons. The van der Waals surface area contributed by atoms with E-state index in [1.54, 1.807) is 0 Å². The summed E-state index contributed by atoms with van der Waals surface area (Å²) in [5.74, 6) is 0. The van der Waals surface area contributed by atoms with Crippen molar-refractivity contribution in [3.63, 3.8) is 0 Å². The molecule has 0 aliphatic carbocycles. The normalized spacial score (nSPS) is 4.92. The van der Waals surface area contributed by atoms with Crippen LogP contribution in [0, 0.1) is 0 Å². The Morgan fingerprint density at radius 2 is 0.667 bits per heavy atom. The van der Waals surface area contributed by atoms with Gasteiger partial charge in [0.15, 0.2) is 0 Å². The molecule has 0 spiro atoms. The van der Waals surface area contributed by atoms with Crippen LogP contribution in [0.1, 0.15) is 0 Å². The Kier molecular flexibility index (Phi) is 219. The minimum Gasteiger partial charge on any atom is -0.303 e. The fourth-order valence-electron chi connectivity index (χ4n) is 0. The first-order chi connectivity index (χ1) is 2.00. The summed E-state index contributed by atoms with van der Waals surface area (Å²) in [7, 11) is -4.64. The Labute approximate surface area is 73.3 Å². The molecule has 12 heteroatoms. The van der Waals surface area contributed by atoms with Gasteiger partial charge in [0.1, 0.15) is 0 Å². The van der Waals surface area contributed by atoms with Crippen LogP contribution in [0.4, 0.5) is 28.2 Å². The van der Waals surface area contributed by atoms with E-state index in [2.05, 4.69) is 0 Å². The van der Waals surface area contributed by atoms with Crippen LogP contribution in [0.2, 0.25) is 0 Å². The van der Waals surface area contributed by atoms with Gasteiger partial charge in [-0.15, -0.1) is 0 Å². The van der Waals surface area contributed by atoms with E-state index in [0.717, 1.165) is 0 Å². The molecule has 0 saturated carbocycles. The van der Waals surface area contributed by atoms with E-state index in [4.69, 9.17) is 19.2 Å². The number of phosphoric acid groups is 1. The van der Waals surface area contributed by atoms with E-state index in [9.17, 15) is 0 Å².